The normalized spacial score (nSPS) is 19.3. The number of aromatic nitrogens is 1. The fourth-order valence-electron chi connectivity index (χ4n) is 4.36. The molecule has 4 rings (SSSR count). The number of hydrogen-bond donors (Lipinski definition) is 2. The van der Waals surface area contributed by atoms with Gasteiger partial charge in [-0.05, 0) is 69.5 Å². The van der Waals surface area contributed by atoms with Gasteiger partial charge in [-0.2, -0.15) is 0 Å². The van der Waals surface area contributed by atoms with E-state index >= 15 is 0 Å². The van der Waals surface area contributed by atoms with Crippen LogP contribution in [-0.2, 0) is 23.9 Å². The van der Waals surface area contributed by atoms with Crippen molar-refractivity contribution in [3.05, 3.63) is 59.9 Å². The van der Waals surface area contributed by atoms with E-state index in [4.69, 9.17) is 14.2 Å². The Balaban J connectivity index is 1.56. The summed E-state index contributed by atoms with van der Waals surface area (Å²) in [6.45, 7) is 5.91. The van der Waals surface area contributed by atoms with Crippen LogP contribution in [0.4, 0.5) is 10.6 Å². The largest absolute Gasteiger partial charge is 0.427 e. The lowest BCUT2D eigenvalue weighted by molar-refractivity contribution is -0.175. The van der Waals surface area contributed by atoms with Gasteiger partial charge in [-0.15, -0.1) is 0 Å². The van der Waals surface area contributed by atoms with Crippen LogP contribution in [0.15, 0.2) is 54.4 Å². The Morgan fingerprint density at radius 1 is 1.16 bits per heavy atom. The standard InChI is InChI=1S/C27H29N3O8/c1-15(31)21-19-13-18(22(30(19)23(21)32)24(33)36-14-37-25(34)27(2,3)4)16-8-7-9-17(12-16)38-26(35)29-20-10-5-6-11-28-20/h5-12,15,19,21,31H,13-14H2,1-4H3,(H,28,29,35)/t15-,19-,21-/m1/s1. The van der Waals surface area contributed by atoms with E-state index in [9.17, 15) is 24.3 Å². The van der Waals surface area contributed by atoms with Crippen LogP contribution in [0.3, 0.4) is 0 Å². The van der Waals surface area contributed by atoms with Crippen LogP contribution < -0.4 is 10.1 Å². The second-order valence-electron chi connectivity index (χ2n) is 10.1. The highest BCUT2D eigenvalue weighted by atomic mass is 16.7. The van der Waals surface area contributed by atoms with Gasteiger partial charge in [0.15, 0.2) is 0 Å². The smallest absolute Gasteiger partial charge is 0.418 e. The molecule has 200 valence electrons. The van der Waals surface area contributed by atoms with E-state index < -0.39 is 54.2 Å². The highest BCUT2D eigenvalue weighted by Crippen LogP contribution is 2.47. The zero-order chi connectivity index (χ0) is 27.6. The third-order valence-electron chi connectivity index (χ3n) is 6.20. The number of aliphatic hydroxyl groups excluding tert-OH is 1. The first-order valence-electron chi connectivity index (χ1n) is 12.1. The zero-order valence-corrected chi connectivity index (χ0v) is 21.5. The van der Waals surface area contributed by atoms with Gasteiger partial charge in [-0.3, -0.25) is 14.9 Å². The summed E-state index contributed by atoms with van der Waals surface area (Å²) in [5.41, 5.74) is 0.225. The van der Waals surface area contributed by atoms with Crippen molar-refractivity contribution < 1.29 is 38.5 Å². The first kappa shape index (κ1) is 26.8. The van der Waals surface area contributed by atoms with Crippen LogP contribution in [0.5, 0.6) is 5.75 Å². The Bertz CT molecular complexity index is 1280. The third kappa shape index (κ3) is 5.52. The molecule has 1 fully saturated rings. The van der Waals surface area contributed by atoms with Gasteiger partial charge >= 0.3 is 18.0 Å². The van der Waals surface area contributed by atoms with Crippen molar-refractivity contribution in [1.82, 2.24) is 9.88 Å². The van der Waals surface area contributed by atoms with E-state index in [2.05, 4.69) is 10.3 Å². The van der Waals surface area contributed by atoms with Crippen LogP contribution >= 0.6 is 0 Å². The SMILES string of the molecule is C[C@@H](O)[C@H]1C(=O)N2C(C(=O)OCOC(=O)C(C)(C)C)=C(c3cccc(OC(=O)Nc4ccccn4)c3)C[C@H]12. The molecule has 2 aliphatic rings. The Labute approximate surface area is 219 Å². The average Bonchev–Trinajstić information content (AvgIpc) is 3.19. The Morgan fingerprint density at radius 3 is 2.58 bits per heavy atom. The molecule has 11 heteroatoms. The lowest BCUT2D eigenvalue weighted by atomic mass is 9.82. The van der Waals surface area contributed by atoms with Crippen LogP contribution in [0.25, 0.3) is 5.57 Å². The molecule has 0 aliphatic carbocycles. The number of amides is 2. The lowest BCUT2D eigenvalue weighted by Gasteiger charge is -2.44. The first-order chi connectivity index (χ1) is 18.0. The number of nitrogens with zero attached hydrogens (tertiary/aromatic N) is 2. The summed E-state index contributed by atoms with van der Waals surface area (Å²) in [6, 6.07) is 11.1. The second-order valence-corrected chi connectivity index (χ2v) is 10.1. The molecular weight excluding hydrogens is 494 g/mol. The number of carbonyl (C=O) groups is 4. The summed E-state index contributed by atoms with van der Waals surface area (Å²) in [5, 5.41) is 12.6. The highest BCUT2D eigenvalue weighted by Gasteiger charge is 2.57. The van der Waals surface area contributed by atoms with E-state index in [1.807, 2.05) is 0 Å². The summed E-state index contributed by atoms with van der Waals surface area (Å²) < 4.78 is 15.6. The first-order valence-corrected chi connectivity index (χ1v) is 12.1. The lowest BCUT2D eigenvalue weighted by Crippen LogP contribution is -2.61. The van der Waals surface area contributed by atoms with Crippen molar-refractivity contribution in [2.75, 3.05) is 12.1 Å². The van der Waals surface area contributed by atoms with Crippen LogP contribution in [0, 0.1) is 11.3 Å². The Hall–Kier alpha value is -4.25. The molecule has 0 saturated carbocycles. The number of carbonyl (C=O) groups excluding carboxylic acids is 4. The van der Waals surface area contributed by atoms with Gasteiger partial charge in [0.05, 0.1) is 23.5 Å². The number of β-lactam (4-membered cyclic amide) rings is 1. The maximum atomic E-state index is 13.1. The predicted octanol–water partition coefficient (Wildman–Crippen LogP) is 3.11. The van der Waals surface area contributed by atoms with Crippen molar-refractivity contribution in [1.29, 1.82) is 0 Å². The third-order valence-corrected chi connectivity index (χ3v) is 6.20. The number of rotatable bonds is 7. The number of pyridine rings is 1. The summed E-state index contributed by atoms with van der Waals surface area (Å²) in [6.07, 6.45) is 0.142. The molecule has 1 aromatic heterocycles. The number of anilines is 1. The molecule has 0 spiro atoms. The van der Waals surface area contributed by atoms with Crippen molar-refractivity contribution in [2.45, 2.75) is 46.3 Å². The topological polar surface area (TPSA) is 144 Å². The molecule has 2 aromatic rings. The van der Waals surface area contributed by atoms with Gasteiger partial charge in [0.25, 0.3) is 0 Å². The molecule has 11 nitrogen and oxygen atoms in total. The number of esters is 2. The molecule has 38 heavy (non-hydrogen) atoms. The van der Waals surface area contributed by atoms with Crippen molar-refractivity contribution in [3.8, 4) is 5.75 Å². The number of aliphatic hydroxyl groups is 1. The number of fused-ring (bicyclic) bond motifs is 1. The Kier molecular flexibility index (Phi) is 7.49. The Morgan fingerprint density at radius 2 is 1.92 bits per heavy atom. The molecule has 2 amide bonds. The minimum absolute atomic E-state index is 0.00112. The van der Waals surface area contributed by atoms with Crippen LogP contribution in [-0.4, -0.2) is 57.9 Å². The van der Waals surface area contributed by atoms with Crippen molar-refractivity contribution in [3.63, 3.8) is 0 Å². The molecule has 0 unspecified atom stereocenters. The van der Waals surface area contributed by atoms with E-state index in [1.165, 1.54) is 18.0 Å². The molecule has 0 bridgehead atoms. The van der Waals surface area contributed by atoms with E-state index in [0.29, 0.717) is 17.0 Å². The van der Waals surface area contributed by atoms with Crippen molar-refractivity contribution >= 4 is 35.3 Å². The maximum absolute atomic E-state index is 13.1. The summed E-state index contributed by atoms with van der Waals surface area (Å²) in [4.78, 5) is 55.6. The molecule has 2 N–H and O–H groups in total. The monoisotopic (exact) mass is 523 g/mol. The molecule has 1 saturated heterocycles. The van der Waals surface area contributed by atoms with E-state index in [0.717, 1.165) is 0 Å². The maximum Gasteiger partial charge on any atom is 0.418 e. The summed E-state index contributed by atoms with van der Waals surface area (Å²) >= 11 is 0. The molecule has 3 atom stereocenters. The van der Waals surface area contributed by atoms with Gasteiger partial charge in [-0.25, -0.2) is 14.6 Å². The van der Waals surface area contributed by atoms with Gasteiger partial charge < -0.3 is 24.2 Å². The van der Waals surface area contributed by atoms with Gasteiger partial charge in [0, 0.05) is 6.20 Å². The van der Waals surface area contributed by atoms with Crippen LogP contribution in [0.2, 0.25) is 0 Å². The fourth-order valence-corrected chi connectivity index (χ4v) is 4.36. The predicted molar refractivity (Wildman–Crippen MR) is 134 cm³/mol. The van der Waals surface area contributed by atoms with Gasteiger partial charge in [-0.1, -0.05) is 18.2 Å². The molecule has 0 radical (unpaired) electrons. The second kappa shape index (κ2) is 10.6. The molecule has 3 heterocycles. The highest BCUT2D eigenvalue weighted by molar-refractivity contribution is 6.07. The molecule has 1 aromatic carbocycles. The zero-order valence-electron chi connectivity index (χ0n) is 21.5. The van der Waals surface area contributed by atoms with Gasteiger partial charge in [0.1, 0.15) is 17.3 Å². The quantitative estimate of drug-likeness (QED) is 0.318. The number of nitrogens with one attached hydrogen (secondary N) is 1. The number of ether oxygens (including phenoxy) is 3. The van der Waals surface area contributed by atoms with Crippen molar-refractivity contribution in [2.24, 2.45) is 11.3 Å². The minimum atomic E-state index is -0.905. The molecular formula is C27H29N3O8. The summed E-state index contributed by atoms with van der Waals surface area (Å²) in [5.74, 6) is -1.95. The number of hydrogen-bond acceptors (Lipinski definition) is 9. The molecule has 2 aliphatic heterocycles. The van der Waals surface area contributed by atoms with E-state index in [-0.39, 0.29) is 17.9 Å². The fraction of sp³-hybridized carbons (Fsp3) is 0.370. The minimum Gasteiger partial charge on any atom is -0.427 e. The van der Waals surface area contributed by atoms with E-state index in [1.54, 1.807) is 63.2 Å². The number of benzene rings is 1. The average molecular weight is 524 g/mol. The summed E-state index contributed by atoms with van der Waals surface area (Å²) in [7, 11) is 0. The van der Waals surface area contributed by atoms with Gasteiger partial charge in [0.2, 0.25) is 12.7 Å². The van der Waals surface area contributed by atoms with Crippen LogP contribution in [0.1, 0.15) is 39.7 Å².